The van der Waals surface area contributed by atoms with Crippen LogP contribution in [0.1, 0.15) is 43.5 Å². The minimum Gasteiger partial charge on any atom is -0.493 e. The molecule has 7 rings (SSSR count). The van der Waals surface area contributed by atoms with Crippen LogP contribution in [0.5, 0.6) is 11.5 Å². The third-order valence-corrected chi connectivity index (χ3v) is 13.7. The summed E-state index contributed by atoms with van der Waals surface area (Å²) in [6, 6.07) is 4.56. The molecule has 1 spiro atoms. The Kier molecular flexibility index (Phi) is 8.57. The van der Waals surface area contributed by atoms with Crippen LogP contribution in [0.4, 0.5) is 0 Å². The zero-order chi connectivity index (χ0) is 35.3. The molecule has 5 aliphatic carbocycles. The normalized spacial score (nSPS) is 45.9. The zero-order valence-corrected chi connectivity index (χ0v) is 29.7. The molecule has 1 aromatic carbocycles. The maximum absolute atomic E-state index is 14.1. The lowest BCUT2D eigenvalue weighted by atomic mass is 9.42. The largest absolute Gasteiger partial charge is 0.493 e. The number of esters is 2. The van der Waals surface area contributed by atoms with Gasteiger partial charge >= 0.3 is 11.9 Å². The molecular weight excluding hydrogens is 638 g/mol. The zero-order valence-electron chi connectivity index (χ0n) is 29.7. The minimum absolute atomic E-state index is 0.185. The van der Waals surface area contributed by atoms with Crippen molar-refractivity contribution in [1.29, 1.82) is 0 Å². The van der Waals surface area contributed by atoms with E-state index in [-0.39, 0.29) is 42.9 Å². The monoisotopic (exact) mass is 689 g/mol. The van der Waals surface area contributed by atoms with Crippen molar-refractivity contribution in [1.82, 2.24) is 4.90 Å². The van der Waals surface area contributed by atoms with Gasteiger partial charge in [-0.3, -0.25) is 9.69 Å². The van der Waals surface area contributed by atoms with Gasteiger partial charge in [0.2, 0.25) is 0 Å². The standard InChI is InChI=1S/C36H51NO12/c1-9-37-16-33(17-42-3)23(39)13-24(45-6)36-20-14-34(41)25(46-7)15-35(49-18(2)38,27(30(36)37)28(47-8)29(33)36)26(20)31(34)48-32(40)19-10-11-21(43-4)22(12-19)44-5/h10-12,20,23-31,39,41H,9,13-17H2,1-8H3/t20-,23-,24+,25+,26-,27?,28+,29-,30?,31-,33+,34+,35-,36+/m1/s1. The third-order valence-electron chi connectivity index (χ3n) is 13.7. The van der Waals surface area contributed by atoms with E-state index < -0.39 is 76.3 Å². The van der Waals surface area contributed by atoms with E-state index in [1.54, 1.807) is 39.5 Å². The molecule has 2 unspecified atom stereocenters. The molecular formula is C36H51NO12. The summed E-state index contributed by atoms with van der Waals surface area (Å²) in [5, 5.41) is 24.9. The smallest absolute Gasteiger partial charge is 0.338 e. The molecule has 1 saturated heterocycles. The maximum atomic E-state index is 14.1. The van der Waals surface area contributed by atoms with Crippen molar-refractivity contribution in [3.63, 3.8) is 0 Å². The van der Waals surface area contributed by atoms with Gasteiger partial charge in [0.05, 0.1) is 50.8 Å². The lowest BCUT2D eigenvalue weighted by Gasteiger charge is -2.70. The van der Waals surface area contributed by atoms with E-state index in [0.29, 0.717) is 31.0 Å². The van der Waals surface area contributed by atoms with Crippen LogP contribution in [-0.2, 0) is 33.2 Å². The van der Waals surface area contributed by atoms with Crippen LogP contribution in [0.2, 0.25) is 0 Å². The molecule has 272 valence electrons. The Morgan fingerprint density at radius 1 is 0.959 bits per heavy atom. The third kappa shape index (κ3) is 4.24. The summed E-state index contributed by atoms with van der Waals surface area (Å²) in [6.45, 7) is 4.99. The van der Waals surface area contributed by atoms with Crippen LogP contribution >= 0.6 is 0 Å². The summed E-state index contributed by atoms with van der Waals surface area (Å²) in [5.41, 5.74) is -4.09. The molecule has 0 radical (unpaired) electrons. The molecule has 49 heavy (non-hydrogen) atoms. The van der Waals surface area contributed by atoms with Gasteiger partial charge in [0.15, 0.2) is 11.5 Å². The second-order valence-electron chi connectivity index (χ2n) is 15.1. The first-order valence-corrected chi connectivity index (χ1v) is 17.3. The molecule has 0 amide bonds. The molecule has 1 aliphatic heterocycles. The van der Waals surface area contributed by atoms with Gasteiger partial charge in [-0.15, -0.1) is 0 Å². The lowest BCUT2D eigenvalue weighted by Crippen LogP contribution is -2.79. The second-order valence-corrected chi connectivity index (χ2v) is 15.1. The highest BCUT2D eigenvalue weighted by atomic mass is 16.6. The van der Waals surface area contributed by atoms with Gasteiger partial charge in [-0.2, -0.15) is 0 Å². The first kappa shape index (κ1) is 34.9. The number of carbonyl (C=O) groups is 2. The highest BCUT2D eigenvalue weighted by molar-refractivity contribution is 5.90. The Morgan fingerprint density at radius 2 is 1.67 bits per heavy atom. The van der Waals surface area contributed by atoms with Gasteiger partial charge < -0.3 is 48.1 Å². The van der Waals surface area contributed by atoms with E-state index in [9.17, 15) is 19.8 Å². The molecule has 6 fully saturated rings. The number of hydrogen-bond donors (Lipinski definition) is 2. The van der Waals surface area contributed by atoms with Crippen molar-refractivity contribution in [2.24, 2.45) is 34.5 Å². The molecule has 6 aliphatic rings. The van der Waals surface area contributed by atoms with Gasteiger partial charge in [-0.1, -0.05) is 6.92 Å². The minimum atomic E-state index is -1.62. The van der Waals surface area contributed by atoms with Crippen molar-refractivity contribution in [3.8, 4) is 11.5 Å². The highest BCUT2D eigenvalue weighted by Crippen LogP contribution is 2.80. The van der Waals surface area contributed by atoms with Crippen LogP contribution in [0, 0.1) is 34.5 Å². The van der Waals surface area contributed by atoms with Crippen molar-refractivity contribution in [2.45, 2.75) is 80.9 Å². The van der Waals surface area contributed by atoms with E-state index in [2.05, 4.69) is 11.8 Å². The van der Waals surface area contributed by atoms with Crippen molar-refractivity contribution < 1.29 is 57.7 Å². The number of fused-ring (bicyclic) bond motifs is 2. The fraction of sp³-hybridized carbons (Fsp3) is 0.778. The first-order valence-electron chi connectivity index (χ1n) is 17.3. The molecule has 2 N–H and O–H groups in total. The van der Waals surface area contributed by atoms with E-state index in [1.807, 2.05) is 0 Å². The molecule has 0 aromatic heterocycles. The van der Waals surface area contributed by atoms with Crippen LogP contribution in [0.25, 0.3) is 0 Å². The maximum Gasteiger partial charge on any atom is 0.338 e. The van der Waals surface area contributed by atoms with Crippen LogP contribution < -0.4 is 9.47 Å². The van der Waals surface area contributed by atoms with Gasteiger partial charge in [-0.05, 0) is 37.1 Å². The number of carbonyl (C=O) groups excluding carboxylic acids is 2. The molecule has 1 aromatic rings. The van der Waals surface area contributed by atoms with E-state index in [4.69, 9.17) is 37.9 Å². The topological polar surface area (TPSA) is 152 Å². The highest BCUT2D eigenvalue weighted by Gasteiger charge is 2.90. The van der Waals surface area contributed by atoms with Crippen LogP contribution in [0.3, 0.4) is 0 Å². The Hall–Kier alpha value is -2.52. The Labute approximate surface area is 287 Å². The summed E-state index contributed by atoms with van der Waals surface area (Å²) in [5.74, 6) is -2.07. The van der Waals surface area contributed by atoms with Crippen LogP contribution in [0.15, 0.2) is 18.2 Å². The van der Waals surface area contributed by atoms with Crippen molar-refractivity contribution in [2.75, 3.05) is 62.4 Å². The molecule has 13 heteroatoms. The summed E-state index contributed by atoms with van der Waals surface area (Å²) in [7, 11) is 9.53. The summed E-state index contributed by atoms with van der Waals surface area (Å²) >= 11 is 0. The van der Waals surface area contributed by atoms with Crippen molar-refractivity contribution in [3.05, 3.63) is 23.8 Å². The number of hydrogen-bond acceptors (Lipinski definition) is 13. The molecule has 5 saturated carbocycles. The summed E-state index contributed by atoms with van der Waals surface area (Å²) in [4.78, 5) is 29.8. The number of aliphatic hydroxyl groups excluding tert-OH is 1. The van der Waals surface area contributed by atoms with Gasteiger partial charge in [0, 0.05) is 89.4 Å². The number of rotatable bonds is 11. The van der Waals surface area contributed by atoms with Gasteiger partial charge in [0.1, 0.15) is 17.3 Å². The fourth-order valence-corrected chi connectivity index (χ4v) is 12.6. The Morgan fingerprint density at radius 3 is 2.27 bits per heavy atom. The number of nitrogens with zero attached hydrogens (tertiary/aromatic N) is 1. The molecule has 14 atom stereocenters. The number of benzene rings is 1. The predicted molar refractivity (Wildman–Crippen MR) is 172 cm³/mol. The number of likely N-dealkylation sites (tertiary alicyclic amines) is 1. The van der Waals surface area contributed by atoms with Crippen molar-refractivity contribution >= 4 is 11.9 Å². The number of aliphatic hydroxyl groups is 2. The average molecular weight is 690 g/mol. The Balaban J connectivity index is 1.46. The Bertz CT molecular complexity index is 1480. The quantitative estimate of drug-likeness (QED) is 0.325. The van der Waals surface area contributed by atoms with E-state index >= 15 is 0 Å². The fourth-order valence-electron chi connectivity index (χ4n) is 12.6. The number of methoxy groups -OCH3 is 6. The number of ether oxygens (including phenoxy) is 8. The first-order chi connectivity index (χ1) is 23.4. The second kappa shape index (κ2) is 12.0. The predicted octanol–water partition coefficient (Wildman–Crippen LogP) is 1.69. The van der Waals surface area contributed by atoms with Gasteiger partial charge in [-0.25, -0.2) is 4.79 Å². The van der Waals surface area contributed by atoms with E-state index in [0.717, 1.165) is 0 Å². The SMILES string of the molecule is CCN1C[C@]2(COC)[C@H](O)C[C@H](OC)[C@]34C1C([C@H](OC)[C@H]23)[C@@]1(OC(C)=O)C[C@H](OC)[C@@]2(O)C[C@@H]4[C@@H]1[C@H]2OC(=O)c1ccc(OC)c(OC)c1. The van der Waals surface area contributed by atoms with Gasteiger partial charge in [0.25, 0.3) is 0 Å². The summed E-state index contributed by atoms with van der Waals surface area (Å²) in [6.07, 6.45) is -2.89. The number of piperidine rings is 1. The summed E-state index contributed by atoms with van der Waals surface area (Å²) < 4.78 is 48.9. The molecule has 7 bridgehead atoms. The lowest BCUT2D eigenvalue weighted by molar-refractivity contribution is -0.300. The molecule has 13 nitrogen and oxygen atoms in total. The van der Waals surface area contributed by atoms with E-state index in [1.165, 1.54) is 28.3 Å². The van der Waals surface area contributed by atoms with Crippen LogP contribution in [-0.4, -0.2) is 137 Å². The molecule has 1 heterocycles. The average Bonchev–Trinajstić information content (AvgIpc) is 3.46.